The fraction of sp³-hybridized carbons (Fsp3) is 1.00. The van der Waals surface area contributed by atoms with Crippen LogP contribution in [0.1, 0.15) is 33.6 Å². The smallest absolute Gasteiger partial charge is 0.1000 e. The third-order valence-corrected chi connectivity index (χ3v) is 1.72. The Kier molecular flexibility index (Phi) is 3.02. The summed E-state index contributed by atoms with van der Waals surface area (Å²) in [6.07, 6.45) is 1.69. The van der Waals surface area contributed by atoms with Gasteiger partial charge in [-0.2, -0.15) is 0 Å². The van der Waals surface area contributed by atoms with Crippen LogP contribution in [-0.2, 0) is 4.89 Å². The van der Waals surface area contributed by atoms with Gasteiger partial charge in [-0.1, -0.05) is 13.8 Å². The quantitative estimate of drug-likeness (QED) is 0.454. The summed E-state index contributed by atoms with van der Waals surface area (Å²) in [5, 5.41) is 8.29. The van der Waals surface area contributed by atoms with Crippen LogP contribution in [0.25, 0.3) is 0 Å². The topological polar surface area (TPSA) is 29.5 Å². The third-order valence-electron chi connectivity index (χ3n) is 1.72. The van der Waals surface area contributed by atoms with Crippen molar-refractivity contribution < 1.29 is 10.1 Å². The average Bonchev–Trinajstić information content (AvgIpc) is 1.87. The summed E-state index contributed by atoms with van der Waals surface area (Å²) in [5.74, 6) is 0. The Balaban J connectivity index is 3.58. The molecule has 2 heteroatoms. The number of rotatable bonds is 3. The Bertz CT molecular complexity index is 49.3. The van der Waals surface area contributed by atoms with Gasteiger partial charge in [0.1, 0.15) is 0 Å². The van der Waals surface area contributed by atoms with Crippen molar-refractivity contribution in [2.24, 2.45) is 0 Å². The standard InChI is InChI=1S/C6H14O2/c1-4-6(3,5-2)8-7/h7H,4-5H2,1-3H3. The molecule has 1 N–H and O–H groups in total. The minimum atomic E-state index is -0.319. The van der Waals surface area contributed by atoms with E-state index in [1.165, 1.54) is 0 Å². The average molecular weight is 118 g/mol. The van der Waals surface area contributed by atoms with Gasteiger partial charge < -0.3 is 0 Å². The molecule has 0 amide bonds. The summed E-state index contributed by atoms with van der Waals surface area (Å²) in [6.45, 7) is 5.85. The van der Waals surface area contributed by atoms with Gasteiger partial charge >= 0.3 is 0 Å². The second kappa shape index (κ2) is 3.05. The molecule has 8 heavy (non-hydrogen) atoms. The van der Waals surface area contributed by atoms with Crippen LogP contribution in [0.3, 0.4) is 0 Å². The maximum absolute atomic E-state index is 8.29. The van der Waals surface area contributed by atoms with Crippen LogP contribution in [0, 0.1) is 0 Å². The van der Waals surface area contributed by atoms with Crippen molar-refractivity contribution >= 4 is 0 Å². The molecule has 0 aliphatic heterocycles. The predicted molar refractivity (Wildman–Crippen MR) is 32.7 cm³/mol. The molecule has 0 radical (unpaired) electrons. The molecule has 0 spiro atoms. The van der Waals surface area contributed by atoms with Crippen LogP contribution in [0.4, 0.5) is 0 Å². The van der Waals surface area contributed by atoms with Gasteiger partial charge in [-0.3, -0.25) is 5.26 Å². The Hall–Kier alpha value is -0.0800. The molecular formula is C6H14O2. The summed E-state index contributed by atoms with van der Waals surface area (Å²) in [6, 6.07) is 0. The Morgan fingerprint density at radius 2 is 1.75 bits per heavy atom. The summed E-state index contributed by atoms with van der Waals surface area (Å²) >= 11 is 0. The monoisotopic (exact) mass is 118 g/mol. The van der Waals surface area contributed by atoms with Gasteiger partial charge in [0.2, 0.25) is 0 Å². The van der Waals surface area contributed by atoms with Gasteiger partial charge in [0.05, 0.1) is 5.60 Å². The number of hydrogen-bond acceptors (Lipinski definition) is 2. The van der Waals surface area contributed by atoms with E-state index in [1.54, 1.807) is 0 Å². The van der Waals surface area contributed by atoms with E-state index >= 15 is 0 Å². The zero-order valence-electron chi connectivity index (χ0n) is 5.77. The van der Waals surface area contributed by atoms with Crippen LogP contribution in [-0.4, -0.2) is 10.9 Å². The lowest BCUT2D eigenvalue weighted by Crippen LogP contribution is -2.24. The molecule has 0 aromatic rings. The first-order valence-corrected chi connectivity index (χ1v) is 3.01. The molecule has 2 nitrogen and oxygen atoms in total. The third kappa shape index (κ3) is 1.80. The maximum Gasteiger partial charge on any atom is 0.1000 e. The molecular weight excluding hydrogens is 104 g/mol. The van der Waals surface area contributed by atoms with Crippen LogP contribution >= 0.6 is 0 Å². The predicted octanol–water partition coefficient (Wildman–Crippen LogP) is 2.05. The molecule has 0 aromatic heterocycles. The van der Waals surface area contributed by atoms with Gasteiger partial charge in [0, 0.05) is 0 Å². The molecule has 0 saturated heterocycles. The van der Waals surface area contributed by atoms with Crippen LogP contribution in [0.5, 0.6) is 0 Å². The highest BCUT2D eigenvalue weighted by Gasteiger charge is 2.19. The Labute approximate surface area is 50.4 Å². The first kappa shape index (κ1) is 7.92. The van der Waals surface area contributed by atoms with E-state index in [2.05, 4.69) is 4.89 Å². The van der Waals surface area contributed by atoms with Gasteiger partial charge in [-0.15, -0.1) is 0 Å². The van der Waals surface area contributed by atoms with Crippen molar-refractivity contribution in [2.45, 2.75) is 39.2 Å². The lowest BCUT2D eigenvalue weighted by atomic mass is 10.0. The molecule has 0 aliphatic carbocycles. The van der Waals surface area contributed by atoms with Crippen LogP contribution < -0.4 is 0 Å². The molecule has 0 saturated carbocycles. The Morgan fingerprint density at radius 3 is 1.75 bits per heavy atom. The molecule has 0 bridgehead atoms. The summed E-state index contributed by atoms with van der Waals surface area (Å²) in [4.78, 5) is 4.24. The molecule has 0 heterocycles. The lowest BCUT2D eigenvalue weighted by Gasteiger charge is -2.21. The zero-order chi connectivity index (χ0) is 6.62. The van der Waals surface area contributed by atoms with Crippen molar-refractivity contribution in [3.63, 3.8) is 0 Å². The van der Waals surface area contributed by atoms with E-state index in [-0.39, 0.29) is 5.60 Å². The minimum Gasteiger partial charge on any atom is -0.251 e. The van der Waals surface area contributed by atoms with Crippen LogP contribution in [0.15, 0.2) is 0 Å². The highest BCUT2D eigenvalue weighted by atomic mass is 17.1. The highest BCUT2D eigenvalue weighted by Crippen LogP contribution is 2.16. The fourth-order valence-electron chi connectivity index (χ4n) is 0.379. The summed E-state index contributed by atoms with van der Waals surface area (Å²) in [5.41, 5.74) is -0.319. The molecule has 0 fully saturated rings. The van der Waals surface area contributed by atoms with Crippen molar-refractivity contribution in [3.8, 4) is 0 Å². The molecule has 0 aliphatic rings. The second-order valence-corrected chi connectivity index (χ2v) is 2.25. The highest BCUT2D eigenvalue weighted by molar-refractivity contribution is 4.67. The molecule has 0 aromatic carbocycles. The fourth-order valence-corrected chi connectivity index (χ4v) is 0.379. The first-order valence-electron chi connectivity index (χ1n) is 3.01. The van der Waals surface area contributed by atoms with Crippen molar-refractivity contribution in [2.75, 3.05) is 0 Å². The second-order valence-electron chi connectivity index (χ2n) is 2.25. The molecule has 0 unspecified atom stereocenters. The zero-order valence-corrected chi connectivity index (χ0v) is 5.77. The van der Waals surface area contributed by atoms with E-state index in [4.69, 9.17) is 5.26 Å². The molecule has 0 rings (SSSR count). The van der Waals surface area contributed by atoms with Gasteiger partial charge in [0.25, 0.3) is 0 Å². The van der Waals surface area contributed by atoms with Crippen LogP contribution in [0.2, 0.25) is 0 Å². The Morgan fingerprint density at radius 1 is 1.38 bits per heavy atom. The minimum absolute atomic E-state index is 0.319. The largest absolute Gasteiger partial charge is 0.251 e. The van der Waals surface area contributed by atoms with E-state index < -0.39 is 0 Å². The van der Waals surface area contributed by atoms with E-state index in [0.717, 1.165) is 12.8 Å². The van der Waals surface area contributed by atoms with E-state index in [0.29, 0.717) is 0 Å². The SMILES string of the molecule is CCC(C)(CC)OO. The van der Waals surface area contributed by atoms with E-state index in [1.807, 2.05) is 20.8 Å². The maximum atomic E-state index is 8.29. The van der Waals surface area contributed by atoms with Crippen molar-refractivity contribution in [3.05, 3.63) is 0 Å². The normalized spacial score (nSPS) is 12.0. The van der Waals surface area contributed by atoms with Gasteiger partial charge in [0.15, 0.2) is 0 Å². The summed E-state index contributed by atoms with van der Waals surface area (Å²) < 4.78 is 0. The van der Waals surface area contributed by atoms with Gasteiger partial charge in [-0.05, 0) is 19.8 Å². The van der Waals surface area contributed by atoms with Gasteiger partial charge in [-0.25, -0.2) is 4.89 Å². The molecule has 50 valence electrons. The lowest BCUT2D eigenvalue weighted by molar-refractivity contribution is -0.319. The summed E-state index contributed by atoms with van der Waals surface area (Å²) in [7, 11) is 0. The van der Waals surface area contributed by atoms with Crippen molar-refractivity contribution in [1.29, 1.82) is 0 Å². The first-order chi connectivity index (χ1) is 3.68. The molecule has 0 atom stereocenters. The number of hydrogen-bond donors (Lipinski definition) is 1. The van der Waals surface area contributed by atoms with Crippen molar-refractivity contribution in [1.82, 2.24) is 0 Å². The van der Waals surface area contributed by atoms with E-state index in [9.17, 15) is 0 Å².